The Morgan fingerprint density at radius 3 is 2.67 bits per heavy atom. The Labute approximate surface area is 177 Å². The van der Waals surface area contributed by atoms with Gasteiger partial charge in [0.05, 0.1) is 22.8 Å². The first-order chi connectivity index (χ1) is 14.5. The molecule has 0 spiro atoms. The summed E-state index contributed by atoms with van der Waals surface area (Å²) in [7, 11) is 0. The highest BCUT2D eigenvalue weighted by atomic mass is 16.5. The molecule has 2 aliphatic heterocycles. The van der Waals surface area contributed by atoms with E-state index in [2.05, 4.69) is 44.3 Å². The Balaban J connectivity index is 1.39. The molecule has 4 heterocycles. The average molecular weight is 405 g/mol. The predicted molar refractivity (Wildman–Crippen MR) is 118 cm³/mol. The molecule has 2 aliphatic rings. The lowest BCUT2D eigenvalue weighted by Gasteiger charge is -2.36. The molecule has 2 aromatic heterocycles. The molecule has 1 aromatic carbocycles. The van der Waals surface area contributed by atoms with E-state index in [-0.39, 0.29) is 11.9 Å². The van der Waals surface area contributed by atoms with Crippen LogP contribution < -0.4 is 9.64 Å². The maximum absolute atomic E-state index is 12.9. The first kappa shape index (κ1) is 19.1. The second-order valence-corrected chi connectivity index (χ2v) is 8.42. The van der Waals surface area contributed by atoms with Crippen molar-refractivity contribution in [2.45, 2.75) is 33.1 Å². The van der Waals surface area contributed by atoms with E-state index in [1.54, 1.807) is 0 Å². The number of benzene rings is 1. The fourth-order valence-electron chi connectivity index (χ4n) is 4.70. The standard InChI is InChI=1S/C24H28N4O2/c1-4-26-7-9-27(10-8-26)20-6-5-18-11-21(24(29)30-23(18)13-20)19-12-22-17(3)25-16(2)14-28(22)15-19/h5-6,12-15,21H,4,7-11H2,1-3H3. The van der Waals surface area contributed by atoms with E-state index in [4.69, 9.17) is 4.74 Å². The number of fused-ring (bicyclic) bond motifs is 2. The van der Waals surface area contributed by atoms with Gasteiger partial charge in [0.1, 0.15) is 5.75 Å². The van der Waals surface area contributed by atoms with Gasteiger partial charge in [-0.2, -0.15) is 0 Å². The van der Waals surface area contributed by atoms with Crippen LogP contribution in [-0.4, -0.2) is 53.0 Å². The van der Waals surface area contributed by atoms with Crippen LogP contribution in [0.1, 0.15) is 35.4 Å². The number of piperazine rings is 1. The van der Waals surface area contributed by atoms with Crippen LogP contribution in [0.15, 0.2) is 36.7 Å². The lowest BCUT2D eigenvalue weighted by atomic mass is 9.91. The normalized spacial score (nSPS) is 19.8. The third-order valence-electron chi connectivity index (χ3n) is 6.47. The number of carbonyl (C=O) groups excluding carboxylic acids is 1. The number of anilines is 1. The number of nitrogens with zero attached hydrogens (tertiary/aromatic N) is 4. The van der Waals surface area contributed by atoms with Crippen molar-refractivity contribution in [1.82, 2.24) is 14.3 Å². The zero-order valence-corrected chi connectivity index (χ0v) is 17.9. The minimum atomic E-state index is -0.281. The Bertz CT molecular complexity index is 1110. The van der Waals surface area contributed by atoms with Gasteiger partial charge < -0.3 is 18.9 Å². The lowest BCUT2D eigenvalue weighted by molar-refractivity contribution is -0.137. The van der Waals surface area contributed by atoms with Crippen molar-refractivity contribution in [2.75, 3.05) is 37.6 Å². The number of likely N-dealkylation sites (N-methyl/N-ethyl adjacent to an activating group) is 1. The minimum Gasteiger partial charge on any atom is -0.426 e. The van der Waals surface area contributed by atoms with Crippen molar-refractivity contribution in [3.05, 3.63) is 59.2 Å². The molecule has 0 saturated carbocycles. The van der Waals surface area contributed by atoms with Crippen molar-refractivity contribution in [3.8, 4) is 5.75 Å². The van der Waals surface area contributed by atoms with Crippen LogP contribution in [0.4, 0.5) is 5.69 Å². The van der Waals surface area contributed by atoms with Crippen LogP contribution in [0.3, 0.4) is 0 Å². The average Bonchev–Trinajstić information content (AvgIpc) is 3.17. The monoisotopic (exact) mass is 404 g/mol. The Morgan fingerprint density at radius 2 is 1.90 bits per heavy atom. The topological polar surface area (TPSA) is 50.1 Å². The van der Waals surface area contributed by atoms with Crippen molar-refractivity contribution < 1.29 is 9.53 Å². The number of esters is 1. The molecule has 5 rings (SSSR count). The van der Waals surface area contributed by atoms with Crippen molar-refractivity contribution >= 4 is 17.2 Å². The second kappa shape index (κ2) is 7.43. The molecule has 0 radical (unpaired) electrons. The minimum absolute atomic E-state index is 0.173. The summed E-state index contributed by atoms with van der Waals surface area (Å²) in [5.41, 5.74) is 6.20. The number of carbonyl (C=O) groups is 1. The molecule has 3 aromatic rings. The van der Waals surface area contributed by atoms with Gasteiger partial charge in [0.2, 0.25) is 0 Å². The van der Waals surface area contributed by atoms with Crippen molar-refractivity contribution in [3.63, 3.8) is 0 Å². The first-order valence-corrected chi connectivity index (χ1v) is 10.8. The van der Waals surface area contributed by atoms with Gasteiger partial charge >= 0.3 is 5.97 Å². The smallest absolute Gasteiger partial charge is 0.319 e. The first-order valence-electron chi connectivity index (χ1n) is 10.8. The number of aryl methyl sites for hydroxylation is 2. The van der Waals surface area contributed by atoms with Gasteiger partial charge in [-0.25, -0.2) is 0 Å². The molecule has 1 saturated heterocycles. The molecule has 0 aliphatic carbocycles. The summed E-state index contributed by atoms with van der Waals surface area (Å²) in [6.45, 7) is 11.5. The third-order valence-corrected chi connectivity index (χ3v) is 6.47. The number of aromatic nitrogens is 2. The Hall–Kier alpha value is -2.86. The third kappa shape index (κ3) is 3.35. The SMILES string of the molecule is CCN1CCN(c2ccc3c(c2)OC(=O)C(c2cc4c(C)nc(C)cn4c2)C3)CC1. The van der Waals surface area contributed by atoms with Crippen LogP contribution in [0.25, 0.3) is 5.52 Å². The molecule has 30 heavy (non-hydrogen) atoms. The second-order valence-electron chi connectivity index (χ2n) is 8.42. The number of ether oxygens (including phenoxy) is 1. The van der Waals surface area contributed by atoms with Gasteiger partial charge in [-0.05, 0) is 50.1 Å². The fourth-order valence-corrected chi connectivity index (χ4v) is 4.70. The summed E-state index contributed by atoms with van der Waals surface area (Å²) < 4.78 is 7.89. The van der Waals surface area contributed by atoms with Gasteiger partial charge in [-0.1, -0.05) is 13.0 Å². The number of hydrogen-bond donors (Lipinski definition) is 0. The molecule has 1 unspecified atom stereocenters. The van der Waals surface area contributed by atoms with E-state index in [0.29, 0.717) is 12.2 Å². The summed E-state index contributed by atoms with van der Waals surface area (Å²) >= 11 is 0. The highest BCUT2D eigenvalue weighted by molar-refractivity contribution is 5.84. The van der Waals surface area contributed by atoms with E-state index >= 15 is 0 Å². The molecule has 1 atom stereocenters. The van der Waals surface area contributed by atoms with E-state index in [1.165, 1.54) is 0 Å². The zero-order chi connectivity index (χ0) is 20.8. The fraction of sp³-hybridized carbons (Fsp3) is 0.417. The maximum Gasteiger partial charge on any atom is 0.319 e. The molecule has 6 heteroatoms. The van der Waals surface area contributed by atoms with Gasteiger partial charge in [-0.15, -0.1) is 0 Å². The van der Waals surface area contributed by atoms with Gasteiger partial charge in [0.15, 0.2) is 0 Å². The van der Waals surface area contributed by atoms with Crippen LogP contribution in [0.5, 0.6) is 5.75 Å². The van der Waals surface area contributed by atoms with Crippen molar-refractivity contribution in [2.24, 2.45) is 0 Å². The summed E-state index contributed by atoms with van der Waals surface area (Å²) in [6, 6.07) is 8.41. The maximum atomic E-state index is 12.9. The lowest BCUT2D eigenvalue weighted by Crippen LogP contribution is -2.46. The molecule has 156 valence electrons. The number of hydrogen-bond acceptors (Lipinski definition) is 5. The van der Waals surface area contributed by atoms with E-state index in [1.807, 2.05) is 32.3 Å². The molecule has 1 fully saturated rings. The van der Waals surface area contributed by atoms with Crippen LogP contribution in [0, 0.1) is 13.8 Å². The van der Waals surface area contributed by atoms with E-state index < -0.39 is 0 Å². The summed E-state index contributed by atoms with van der Waals surface area (Å²) in [5, 5.41) is 0. The van der Waals surface area contributed by atoms with E-state index in [0.717, 1.165) is 66.4 Å². The van der Waals surface area contributed by atoms with Crippen molar-refractivity contribution in [1.29, 1.82) is 0 Å². The molecule has 0 bridgehead atoms. The highest BCUT2D eigenvalue weighted by Crippen LogP contribution is 2.37. The molecule has 6 nitrogen and oxygen atoms in total. The molecular weight excluding hydrogens is 376 g/mol. The quantitative estimate of drug-likeness (QED) is 0.495. The summed E-state index contributed by atoms with van der Waals surface area (Å²) in [4.78, 5) is 22.3. The number of rotatable bonds is 3. The van der Waals surface area contributed by atoms with Gasteiger partial charge in [0.25, 0.3) is 0 Å². The summed E-state index contributed by atoms with van der Waals surface area (Å²) in [5.74, 6) is 0.258. The van der Waals surface area contributed by atoms with Crippen LogP contribution in [-0.2, 0) is 11.2 Å². The Morgan fingerprint density at radius 1 is 1.10 bits per heavy atom. The Kier molecular flexibility index (Phi) is 4.74. The highest BCUT2D eigenvalue weighted by Gasteiger charge is 2.31. The molecular formula is C24H28N4O2. The predicted octanol–water partition coefficient (Wildman–Crippen LogP) is 3.34. The van der Waals surface area contributed by atoms with E-state index in [9.17, 15) is 4.79 Å². The van der Waals surface area contributed by atoms with Crippen LogP contribution in [0.2, 0.25) is 0 Å². The summed E-state index contributed by atoms with van der Waals surface area (Å²) in [6.07, 6.45) is 4.70. The van der Waals surface area contributed by atoms with Gasteiger partial charge in [-0.3, -0.25) is 9.78 Å². The largest absolute Gasteiger partial charge is 0.426 e. The van der Waals surface area contributed by atoms with Gasteiger partial charge in [0, 0.05) is 50.3 Å². The zero-order valence-electron chi connectivity index (χ0n) is 17.9. The molecule has 0 amide bonds. The van der Waals surface area contributed by atoms with Crippen LogP contribution >= 0.6 is 0 Å². The molecule has 0 N–H and O–H groups in total.